The first-order chi connectivity index (χ1) is 26.0. The molecule has 55 heavy (non-hydrogen) atoms. The fraction of sp³-hybridized carbons (Fsp3) is 0.333. The van der Waals surface area contributed by atoms with Crippen molar-refractivity contribution < 1.29 is 14.3 Å². The van der Waals surface area contributed by atoms with Crippen LogP contribution in [0.25, 0.3) is 53.8 Å². The molecule has 5 aromatic heterocycles. The molecule has 0 fully saturated rings. The van der Waals surface area contributed by atoms with Gasteiger partial charge in [0.05, 0.1) is 49.6 Å². The van der Waals surface area contributed by atoms with Crippen LogP contribution in [0.15, 0.2) is 76.2 Å². The van der Waals surface area contributed by atoms with Crippen molar-refractivity contribution in [2.75, 3.05) is 6.61 Å². The second-order valence-electron chi connectivity index (χ2n) is 15.0. The Bertz CT molecular complexity index is 2680. The van der Waals surface area contributed by atoms with Crippen molar-refractivity contribution in [3.63, 3.8) is 0 Å². The van der Waals surface area contributed by atoms with Crippen molar-refractivity contribution in [3.05, 3.63) is 104 Å². The average molecular weight is 781 g/mol. The average Bonchev–Trinajstić information content (AvgIpc) is 3.66. The van der Waals surface area contributed by atoms with Crippen LogP contribution in [0.1, 0.15) is 52.4 Å². The van der Waals surface area contributed by atoms with E-state index < -0.39 is 11.7 Å². The lowest BCUT2D eigenvalue weighted by Crippen LogP contribution is -2.42. The van der Waals surface area contributed by atoms with Crippen LogP contribution in [0.4, 0.5) is 4.79 Å². The number of carbonyl (C=O) groups is 1. The molecule has 0 radical (unpaired) electrons. The molecule has 5 heterocycles. The van der Waals surface area contributed by atoms with E-state index in [2.05, 4.69) is 40.2 Å². The molecule has 13 heteroatoms. The van der Waals surface area contributed by atoms with Gasteiger partial charge in [-0.05, 0) is 88.1 Å². The smallest absolute Gasteiger partial charge is 0.407 e. The van der Waals surface area contributed by atoms with E-state index >= 15 is 0 Å². The zero-order valence-electron chi connectivity index (χ0n) is 32.5. The molecular weight excluding hydrogens is 736 g/mol. The fourth-order valence-electron chi connectivity index (χ4n) is 6.81. The monoisotopic (exact) mass is 780 g/mol. The Balaban J connectivity index is 0.000000237. The van der Waals surface area contributed by atoms with Crippen molar-refractivity contribution in [3.8, 4) is 16.2 Å². The molecule has 1 amide bonds. The van der Waals surface area contributed by atoms with E-state index in [1.807, 2.05) is 71.0 Å². The lowest BCUT2D eigenvalue weighted by atomic mass is 10.0. The minimum absolute atomic E-state index is 0.0367. The Morgan fingerprint density at radius 1 is 0.873 bits per heavy atom. The van der Waals surface area contributed by atoms with E-state index in [-0.39, 0.29) is 23.8 Å². The van der Waals surface area contributed by atoms with Gasteiger partial charge in [-0.25, -0.2) is 4.79 Å². The van der Waals surface area contributed by atoms with E-state index in [1.165, 1.54) is 11.3 Å². The summed E-state index contributed by atoms with van der Waals surface area (Å²) in [6, 6.07) is 13.1. The quantitative estimate of drug-likeness (QED) is 0.159. The Hall–Kier alpha value is -5.33. The molecule has 286 valence electrons. The van der Waals surface area contributed by atoms with Crippen LogP contribution in [-0.4, -0.2) is 48.4 Å². The normalized spacial score (nSPS) is 12.3. The molecule has 0 unspecified atom stereocenters. The number of ether oxygens (including phenoxy) is 2. The Kier molecular flexibility index (Phi) is 11.3. The number of carbonyl (C=O) groups excluding carboxylic acids is 1. The zero-order valence-corrected chi connectivity index (χ0v) is 34.1. The van der Waals surface area contributed by atoms with E-state index in [4.69, 9.17) is 21.1 Å². The number of nitrogens with one attached hydrogen (secondary N) is 1. The van der Waals surface area contributed by atoms with Crippen molar-refractivity contribution in [1.82, 2.24) is 29.4 Å². The first-order valence-electron chi connectivity index (χ1n) is 18.0. The number of thiazole rings is 1. The predicted molar refractivity (Wildman–Crippen MR) is 223 cm³/mol. The molecule has 0 aliphatic heterocycles. The summed E-state index contributed by atoms with van der Waals surface area (Å²) in [5.41, 5.74) is 4.98. The molecule has 0 bridgehead atoms. The number of hydrogen-bond donors (Lipinski definition) is 1. The highest BCUT2D eigenvalue weighted by molar-refractivity contribution is 7.13. The molecule has 7 aromatic rings. The van der Waals surface area contributed by atoms with Gasteiger partial charge in [0.1, 0.15) is 18.0 Å². The standard InChI is InChI=1S/C28H34N4O4S.C14H11ClN2O/c1-16(2)10-18(31-27(34)36-28(4,5)6)14-35-23-12-22-20(11-21(23)24-13-29-15-37-24)19-8-9-30-17(3)25(19)26(33)32(22)7;1-8-13-11(5-6-16-8)10-4-3-9(15)7-12(10)17(2)14(13)18/h8-9,11-13,15-16,18H,10,14H2,1-7H3,(H,31,34);3-7H,1-2H3/t18-;/m0./s1. The third-order valence-corrected chi connectivity index (χ3v) is 10.3. The molecule has 11 nitrogen and oxygen atoms in total. The summed E-state index contributed by atoms with van der Waals surface area (Å²) in [5, 5.41) is 8.61. The highest BCUT2D eigenvalue weighted by Crippen LogP contribution is 2.38. The lowest BCUT2D eigenvalue weighted by Gasteiger charge is -2.25. The van der Waals surface area contributed by atoms with Gasteiger partial charge >= 0.3 is 6.09 Å². The second-order valence-corrected chi connectivity index (χ2v) is 16.4. The van der Waals surface area contributed by atoms with Gasteiger partial charge < -0.3 is 23.9 Å². The van der Waals surface area contributed by atoms with E-state index in [0.717, 1.165) is 55.1 Å². The predicted octanol–water partition coefficient (Wildman–Crippen LogP) is 8.89. The summed E-state index contributed by atoms with van der Waals surface area (Å²) in [7, 11) is 3.52. The van der Waals surface area contributed by atoms with Crippen molar-refractivity contribution in [2.24, 2.45) is 20.0 Å². The zero-order chi connectivity index (χ0) is 39.8. The number of amides is 1. The third kappa shape index (κ3) is 8.35. The van der Waals surface area contributed by atoms with Crippen molar-refractivity contribution >= 4 is 72.4 Å². The number of halogens is 1. The van der Waals surface area contributed by atoms with Crippen molar-refractivity contribution in [2.45, 2.75) is 66.5 Å². The molecule has 2 aromatic carbocycles. The Morgan fingerprint density at radius 2 is 1.47 bits per heavy atom. The highest BCUT2D eigenvalue weighted by Gasteiger charge is 2.23. The maximum atomic E-state index is 13.2. The van der Waals surface area contributed by atoms with Gasteiger partial charge in [0, 0.05) is 60.1 Å². The topological polar surface area (TPSA) is 130 Å². The fourth-order valence-corrected chi connectivity index (χ4v) is 7.62. The van der Waals surface area contributed by atoms with Gasteiger partial charge in [0.25, 0.3) is 11.1 Å². The number of hydrogen-bond acceptors (Lipinski definition) is 9. The molecule has 7 rings (SSSR count). The molecular formula is C42H45ClN6O5S. The van der Waals surface area contributed by atoms with Gasteiger partial charge in [0.15, 0.2) is 0 Å². The van der Waals surface area contributed by atoms with Crippen LogP contribution < -0.4 is 21.2 Å². The first kappa shape index (κ1) is 39.4. The molecule has 1 atom stereocenters. The van der Waals surface area contributed by atoms with Gasteiger partial charge in [-0.15, -0.1) is 11.3 Å². The molecule has 0 saturated carbocycles. The molecule has 1 N–H and O–H groups in total. The maximum Gasteiger partial charge on any atom is 0.407 e. The summed E-state index contributed by atoms with van der Waals surface area (Å²) in [6.07, 6.45) is 5.51. The summed E-state index contributed by atoms with van der Waals surface area (Å²) >= 11 is 7.51. The molecule has 0 spiro atoms. The van der Waals surface area contributed by atoms with Gasteiger partial charge in [-0.3, -0.25) is 24.5 Å². The van der Waals surface area contributed by atoms with E-state index in [1.54, 1.807) is 47.3 Å². The highest BCUT2D eigenvalue weighted by atomic mass is 35.5. The Morgan fingerprint density at radius 3 is 2.04 bits per heavy atom. The number of benzene rings is 2. The van der Waals surface area contributed by atoms with Gasteiger partial charge in [-0.1, -0.05) is 31.5 Å². The second kappa shape index (κ2) is 15.8. The number of rotatable bonds is 7. The van der Waals surface area contributed by atoms with Crippen molar-refractivity contribution in [1.29, 1.82) is 0 Å². The number of aromatic nitrogens is 5. The number of nitrogens with zero attached hydrogens (tertiary/aromatic N) is 5. The Labute approximate surface area is 327 Å². The maximum absolute atomic E-state index is 13.2. The lowest BCUT2D eigenvalue weighted by molar-refractivity contribution is 0.0480. The van der Waals surface area contributed by atoms with Crippen LogP contribution in [0.5, 0.6) is 5.75 Å². The van der Waals surface area contributed by atoms with Crippen LogP contribution in [-0.2, 0) is 18.8 Å². The first-order valence-corrected chi connectivity index (χ1v) is 19.3. The van der Waals surface area contributed by atoms with E-state index in [9.17, 15) is 14.4 Å². The number of fused-ring (bicyclic) bond motifs is 6. The number of alkyl carbamates (subject to hydrolysis) is 1. The minimum atomic E-state index is -0.591. The largest absolute Gasteiger partial charge is 0.491 e. The molecule has 0 aliphatic rings. The summed E-state index contributed by atoms with van der Waals surface area (Å²) in [5.74, 6) is 0.960. The number of aryl methyl sites for hydroxylation is 4. The number of pyridine rings is 4. The molecule has 0 aliphatic carbocycles. The van der Waals surface area contributed by atoms with Crippen LogP contribution in [0.3, 0.4) is 0 Å². The van der Waals surface area contributed by atoms with Gasteiger partial charge in [-0.2, -0.15) is 0 Å². The van der Waals surface area contributed by atoms with Gasteiger partial charge in [0.2, 0.25) is 0 Å². The minimum Gasteiger partial charge on any atom is -0.491 e. The SMILES string of the molecule is Cc1nccc2c1c(=O)n(C)c1cc(Cl)ccc21.Cc1nccc2c1c(=O)n(C)c1cc(OC[C@H](CC(C)C)NC(=O)OC(C)(C)C)c(-c3cncs3)cc21. The molecule has 0 saturated heterocycles. The van der Waals surface area contributed by atoms with Crippen LogP contribution in [0, 0.1) is 19.8 Å². The summed E-state index contributed by atoms with van der Waals surface area (Å²) in [4.78, 5) is 51.8. The third-order valence-electron chi connectivity index (χ3n) is 9.29. The van der Waals surface area contributed by atoms with Crippen LogP contribution in [0.2, 0.25) is 5.02 Å². The summed E-state index contributed by atoms with van der Waals surface area (Å²) < 4.78 is 15.1. The van der Waals surface area contributed by atoms with Crippen LogP contribution >= 0.6 is 22.9 Å². The summed E-state index contributed by atoms with van der Waals surface area (Å²) in [6.45, 7) is 13.7. The van der Waals surface area contributed by atoms with E-state index in [0.29, 0.717) is 33.2 Å².